The van der Waals surface area contributed by atoms with Crippen LogP contribution in [0.5, 0.6) is 23.0 Å². The second-order valence-electron chi connectivity index (χ2n) is 7.60. The summed E-state index contributed by atoms with van der Waals surface area (Å²) in [6.07, 6.45) is 2.17. The lowest BCUT2D eigenvalue weighted by molar-refractivity contribution is -0.130. The van der Waals surface area contributed by atoms with Gasteiger partial charge in [-0.05, 0) is 30.7 Å². The standard InChI is InChI=1S/C23H24F3N3O3/c1-27-15-4-5-20(17(24)10-15)32-19-6-7-28-18-12-22(21(30-2)11-16(18)19)31-9-3-8-29-13-23(25,26)14-29/h4-7,10-12,27H,3,8-9,13-14H2,1-2H3. The number of nitrogens with zero attached hydrogens (tertiary/aromatic N) is 2. The normalized spacial score (nSPS) is 15.3. The van der Waals surface area contributed by atoms with Crippen LogP contribution < -0.4 is 19.5 Å². The minimum absolute atomic E-state index is 0.0902. The number of pyridine rings is 1. The zero-order valence-electron chi connectivity index (χ0n) is 17.8. The van der Waals surface area contributed by atoms with Gasteiger partial charge in [-0.25, -0.2) is 13.2 Å². The molecule has 1 aliphatic heterocycles. The molecule has 3 aromatic rings. The molecule has 1 N–H and O–H groups in total. The summed E-state index contributed by atoms with van der Waals surface area (Å²) < 4.78 is 57.3. The van der Waals surface area contributed by atoms with E-state index in [0.29, 0.717) is 53.4 Å². The van der Waals surface area contributed by atoms with Crippen LogP contribution in [0.3, 0.4) is 0 Å². The fraction of sp³-hybridized carbons (Fsp3) is 0.348. The Morgan fingerprint density at radius 2 is 1.88 bits per heavy atom. The average Bonchev–Trinajstić information content (AvgIpc) is 2.76. The third-order valence-electron chi connectivity index (χ3n) is 5.21. The van der Waals surface area contributed by atoms with E-state index in [1.165, 1.54) is 13.2 Å². The third-order valence-corrected chi connectivity index (χ3v) is 5.21. The highest BCUT2D eigenvalue weighted by atomic mass is 19.3. The lowest BCUT2D eigenvalue weighted by atomic mass is 10.1. The molecule has 0 atom stereocenters. The van der Waals surface area contributed by atoms with Crippen LogP contribution in [0.25, 0.3) is 10.9 Å². The van der Waals surface area contributed by atoms with Gasteiger partial charge in [-0.3, -0.25) is 9.88 Å². The molecule has 0 saturated carbocycles. The molecule has 2 heterocycles. The SMILES string of the molecule is CNc1ccc(Oc2ccnc3cc(OCCCN4CC(F)(F)C4)c(OC)cc23)c(F)c1. The predicted molar refractivity (Wildman–Crippen MR) is 116 cm³/mol. The Morgan fingerprint density at radius 1 is 1.06 bits per heavy atom. The summed E-state index contributed by atoms with van der Waals surface area (Å²) in [6, 6.07) is 9.72. The van der Waals surface area contributed by atoms with E-state index in [4.69, 9.17) is 14.2 Å². The highest BCUT2D eigenvalue weighted by Crippen LogP contribution is 2.38. The van der Waals surface area contributed by atoms with Crippen LogP contribution in [-0.4, -0.2) is 56.2 Å². The monoisotopic (exact) mass is 447 g/mol. The highest BCUT2D eigenvalue weighted by Gasteiger charge is 2.43. The van der Waals surface area contributed by atoms with Gasteiger partial charge in [-0.15, -0.1) is 0 Å². The lowest BCUT2D eigenvalue weighted by Gasteiger charge is -2.38. The Morgan fingerprint density at radius 3 is 2.56 bits per heavy atom. The first kappa shape index (κ1) is 22.0. The fourth-order valence-corrected chi connectivity index (χ4v) is 3.58. The van der Waals surface area contributed by atoms with Crippen molar-refractivity contribution in [2.75, 3.05) is 45.7 Å². The molecule has 9 heteroatoms. The van der Waals surface area contributed by atoms with E-state index in [0.717, 1.165) is 0 Å². The Labute approximate surface area is 183 Å². The number of ether oxygens (including phenoxy) is 3. The second kappa shape index (κ2) is 9.12. The van der Waals surface area contributed by atoms with Crippen LogP contribution in [0.15, 0.2) is 42.6 Å². The van der Waals surface area contributed by atoms with Gasteiger partial charge >= 0.3 is 0 Å². The van der Waals surface area contributed by atoms with Crippen LogP contribution in [0.4, 0.5) is 18.9 Å². The first-order valence-corrected chi connectivity index (χ1v) is 10.2. The zero-order chi connectivity index (χ0) is 22.7. The van der Waals surface area contributed by atoms with Crippen molar-refractivity contribution >= 4 is 16.6 Å². The van der Waals surface area contributed by atoms with E-state index in [9.17, 15) is 13.2 Å². The number of halogens is 3. The molecule has 0 bridgehead atoms. The summed E-state index contributed by atoms with van der Waals surface area (Å²) >= 11 is 0. The van der Waals surface area contributed by atoms with Crippen molar-refractivity contribution < 1.29 is 27.4 Å². The third kappa shape index (κ3) is 4.83. The number of nitrogens with one attached hydrogen (secondary N) is 1. The van der Waals surface area contributed by atoms with Gasteiger partial charge in [0.25, 0.3) is 5.92 Å². The molecule has 0 amide bonds. The van der Waals surface area contributed by atoms with Gasteiger partial charge in [-0.1, -0.05) is 0 Å². The van der Waals surface area contributed by atoms with Gasteiger partial charge in [0.2, 0.25) is 0 Å². The van der Waals surface area contributed by atoms with Crippen molar-refractivity contribution in [2.45, 2.75) is 12.3 Å². The molecule has 6 nitrogen and oxygen atoms in total. The van der Waals surface area contributed by atoms with E-state index in [2.05, 4.69) is 10.3 Å². The van der Waals surface area contributed by atoms with Crippen LogP contribution >= 0.6 is 0 Å². The van der Waals surface area contributed by atoms with Crippen molar-refractivity contribution in [3.8, 4) is 23.0 Å². The number of alkyl halides is 2. The molecule has 4 rings (SSSR count). The number of anilines is 1. The molecule has 2 aromatic carbocycles. The summed E-state index contributed by atoms with van der Waals surface area (Å²) in [5, 5.41) is 3.51. The molecule has 1 saturated heterocycles. The van der Waals surface area contributed by atoms with Gasteiger partial charge in [0.05, 0.1) is 32.3 Å². The summed E-state index contributed by atoms with van der Waals surface area (Å²) in [5.74, 6) is -1.58. The lowest BCUT2D eigenvalue weighted by Crippen LogP contribution is -2.56. The first-order valence-electron chi connectivity index (χ1n) is 10.2. The number of likely N-dealkylation sites (tertiary alicyclic amines) is 1. The van der Waals surface area contributed by atoms with Gasteiger partial charge < -0.3 is 19.5 Å². The number of hydrogen-bond acceptors (Lipinski definition) is 6. The number of fused-ring (bicyclic) bond motifs is 1. The average molecular weight is 447 g/mol. The van der Waals surface area contributed by atoms with E-state index in [-0.39, 0.29) is 18.8 Å². The van der Waals surface area contributed by atoms with Gasteiger partial charge in [-0.2, -0.15) is 0 Å². The second-order valence-corrected chi connectivity index (χ2v) is 7.60. The summed E-state index contributed by atoms with van der Waals surface area (Å²) in [7, 11) is 3.23. The smallest absolute Gasteiger partial charge is 0.272 e. The number of hydrogen-bond donors (Lipinski definition) is 1. The van der Waals surface area contributed by atoms with Crippen molar-refractivity contribution in [1.29, 1.82) is 0 Å². The van der Waals surface area contributed by atoms with Crippen molar-refractivity contribution in [1.82, 2.24) is 9.88 Å². The van der Waals surface area contributed by atoms with E-state index in [1.807, 2.05) is 0 Å². The predicted octanol–water partition coefficient (Wildman–Crippen LogP) is 4.94. The fourth-order valence-electron chi connectivity index (χ4n) is 3.58. The number of aromatic nitrogens is 1. The molecule has 1 fully saturated rings. The van der Waals surface area contributed by atoms with Crippen molar-refractivity contribution in [2.24, 2.45) is 0 Å². The maximum absolute atomic E-state index is 14.4. The van der Waals surface area contributed by atoms with E-state index < -0.39 is 11.7 Å². The molecular weight excluding hydrogens is 423 g/mol. The van der Waals surface area contributed by atoms with Crippen LogP contribution in [0, 0.1) is 5.82 Å². The number of methoxy groups -OCH3 is 1. The zero-order valence-corrected chi connectivity index (χ0v) is 17.8. The molecule has 0 aliphatic carbocycles. The van der Waals surface area contributed by atoms with Gasteiger partial charge in [0.15, 0.2) is 23.1 Å². The topological polar surface area (TPSA) is 55.8 Å². The molecule has 32 heavy (non-hydrogen) atoms. The van der Waals surface area contributed by atoms with Gasteiger partial charge in [0, 0.05) is 43.0 Å². The quantitative estimate of drug-likeness (QED) is 0.469. The molecule has 1 aromatic heterocycles. The molecule has 1 aliphatic rings. The minimum atomic E-state index is -2.56. The first-order chi connectivity index (χ1) is 15.4. The summed E-state index contributed by atoms with van der Waals surface area (Å²) in [4.78, 5) is 6.04. The van der Waals surface area contributed by atoms with Crippen LogP contribution in [0.1, 0.15) is 6.42 Å². The van der Waals surface area contributed by atoms with Crippen LogP contribution in [-0.2, 0) is 0 Å². The van der Waals surface area contributed by atoms with E-state index in [1.54, 1.807) is 48.5 Å². The molecule has 0 radical (unpaired) electrons. The van der Waals surface area contributed by atoms with E-state index >= 15 is 0 Å². The Hall–Kier alpha value is -3.20. The Balaban J connectivity index is 1.48. The largest absolute Gasteiger partial charge is 0.493 e. The molecule has 0 spiro atoms. The van der Waals surface area contributed by atoms with Gasteiger partial charge in [0.1, 0.15) is 5.75 Å². The summed E-state index contributed by atoms with van der Waals surface area (Å²) in [6.45, 7) is 0.497. The highest BCUT2D eigenvalue weighted by molar-refractivity contribution is 5.88. The maximum atomic E-state index is 14.4. The van der Waals surface area contributed by atoms with Crippen molar-refractivity contribution in [3.05, 3.63) is 48.4 Å². The molecule has 0 unspecified atom stereocenters. The maximum Gasteiger partial charge on any atom is 0.272 e. The molecular formula is C23H24F3N3O3. The number of benzene rings is 2. The molecule has 170 valence electrons. The minimum Gasteiger partial charge on any atom is -0.493 e. The number of rotatable bonds is 9. The summed E-state index contributed by atoms with van der Waals surface area (Å²) in [5.41, 5.74) is 1.23. The Kier molecular flexibility index (Phi) is 6.27. The van der Waals surface area contributed by atoms with Crippen LogP contribution in [0.2, 0.25) is 0 Å². The van der Waals surface area contributed by atoms with Crippen molar-refractivity contribution in [3.63, 3.8) is 0 Å². The Bertz CT molecular complexity index is 1100.